The first-order valence-corrected chi connectivity index (χ1v) is 13.8. The van der Waals surface area contributed by atoms with Gasteiger partial charge in [-0.2, -0.15) is 0 Å². The lowest BCUT2D eigenvalue weighted by Crippen LogP contribution is -2.78. The van der Waals surface area contributed by atoms with Gasteiger partial charge in [0.25, 0.3) is 0 Å². The van der Waals surface area contributed by atoms with Crippen LogP contribution >= 0.6 is 0 Å². The molecular weight excluding hydrogens is 480 g/mol. The first-order chi connectivity index (χ1) is 17.1. The molecule has 7 aliphatic rings. The van der Waals surface area contributed by atoms with Crippen molar-refractivity contribution >= 4 is 5.78 Å². The maximum atomic E-state index is 13.5. The normalized spacial score (nSPS) is 67.6. The Kier molecular flexibility index (Phi) is 4.53. The largest absolute Gasteiger partial charge is 0.390 e. The third-order valence-electron chi connectivity index (χ3n) is 13.3. The van der Waals surface area contributed by atoms with Gasteiger partial charge in [-0.05, 0) is 70.3 Å². The second kappa shape index (κ2) is 6.69. The number of carbonyl (C=O) groups is 1. The number of ether oxygens (including phenoxy) is 3. The van der Waals surface area contributed by atoms with E-state index in [1.165, 1.54) is 6.08 Å². The van der Waals surface area contributed by atoms with E-state index in [-0.39, 0.29) is 30.5 Å². The molecular formula is C28H40O9. The van der Waals surface area contributed by atoms with E-state index in [0.717, 1.165) is 0 Å². The fourth-order valence-corrected chi connectivity index (χ4v) is 10.4. The van der Waals surface area contributed by atoms with Crippen molar-refractivity contribution < 1.29 is 44.5 Å². The third kappa shape index (κ3) is 2.34. The van der Waals surface area contributed by atoms with Crippen LogP contribution < -0.4 is 0 Å². The Bertz CT molecular complexity index is 1110. The molecule has 7 rings (SSSR count). The maximum absolute atomic E-state index is 13.5. The third-order valence-corrected chi connectivity index (χ3v) is 13.3. The number of ketones is 1. The van der Waals surface area contributed by atoms with E-state index >= 15 is 0 Å². The predicted molar refractivity (Wildman–Crippen MR) is 128 cm³/mol. The predicted octanol–water partition coefficient (Wildman–Crippen LogP) is 0.789. The Morgan fingerprint density at radius 3 is 2.32 bits per heavy atom. The lowest BCUT2D eigenvalue weighted by Gasteiger charge is -2.69. The summed E-state index contributed by atoms with van der Waals surface area (Å²) in [5, 5.41) is 58.5. The molecule has 6 fully saturated rings. The number of rotatable bonds is 1. The number of aliphatic hydroxyl groups excluding tert-OH is 2. The number of epoxide rings is 1. The van der Waals surface area contributed by atoms with Gasteiger partial charge in [-0.15, -0.1) is 0 Å². The smallest absolute Gasteiger partial charge is 0.187 e. The highest BCUT2D eigenvalue weighted by Gasteiger charge is 2.84. The van der Waals surface area contributed by atoms with Crippen molar-refractivity contribution in [3.63, 3.8) is 0 Å². The fraction of sp³-hybridized carbons (Fsp3) is 0.893. The lowest BCUT2D eigenvalue weighted by atomic mass is 9.40. The molecule has 3 saturated carbocycles. The molecule has 37 heavy (non-hydrogen) atoms. The standard InChI is InChI=1S/C28H40O9/c1-13-19(20-24(4)25(5,37-24)21(31)35-20)36-28(34)12-16-14(15-8-10-26(13,32)23(15,28)3)11-18(30)27(33)9-6-7-17(29)22(16,27)2/h6-7,13-16,18-21,30-34H,8-12H2,1-5H3. The molecule has 0 aromatic carbocycles. The van der Waals surface area contributed by atoms with Gasteiger partial charge in [-0.1, -0.05) is 19.9 Å². The van der Waals surface area contributed by atoms with Crippen molar-refractivity contribution in [1.82, 2.24) is 0 Å². The Morgan fingerprint density at radius 2 is 1.70 bits per heavy atom. The van der Waals surface area contributed by atoms with Crippen LogP contribution in [0.2, 0.25) is 0 Å². The topological polar surface area (TPSA) is 149 Å². The van der Waals surface area contributed by atoms with Crippen molar-refractivity contribution in [2.45, 2.75) is 120 Å². The number of hydrogen-bond donors (Lipinski definition) is 5. The summed E-state index contributed by atoms with van der Waals surface area (Å²) in [5.41, 5.74) is -7.04. The molecule has 9 heteroatoms. The van der Waals surface area contributed by atoms with Gasteiger partial charge < -0.3 is 39.7 Å². The summed E-state index contributed by atoms with van der Waals surface area (Å²) in [7, 11) is 0. The number of fused-ring (bicyclic) bond motifs is 5. The molecule has 5 N–H and O–H groups in total. The molecule has 3 aliphatic heterocycles. The van der Waals surface area contributed by atoms with E-state index in [9.17, 15) is 30.3 Å². The van der Waals surface area contributed by atoms with Crippen molar-refractivity contribution in [2.75, 3.05) is 0 Å². The van der Waals surface area contributed by atoms with Crippen molar-refractivity contribution in [1.29, 1.82) is 0 Å². The summed E-state index contributed by atoms with van der Waals surface area (Å²) in [4.78, 5) is 13.5. The zero-order chi connectivity index (χ0) is 26.8. The van der Waals surface area contributed by atoms with Crippen LogP contribution in [0.3, 0.4) is 0 Å². The molecule has 206 valence electrons. The second-order valence-corrected chi connectivity index (χ2v) is 14.0. The summed E-state index contributed by atoms with van der Waals surface area (Å²) in [6.07, 6.45) is 0.891. The molecule has 0 amide bonds. The zero-order valence-electron chi connectivity index (χ0n) is 22.2. The first-order valence-electron chi connectivity index (χ1n) is 13.8. The minimum atomic E-state index is -1.83. The SMILES string of the molecule is CC1C(C2OC(O)C3(C)OC23C)OC2(O)CC3C(CC(O)C4(O)CC=CC(=O)C34C)C3CCC1(O)C32C. The van der Waals surface area contributed by atoms with Gasteiger partial charge in [0.1, 0.15) is 22.9 Å². The van der Waals surface area contributed by atoms with E-state index in [4.69, 9.17) is 14.2 Å². The molecule has 9 nitrogen and oxygen atoms in total. The van der Waals surface area contributed by atoms with Crippen LogP contribution in [0.1, 0.15) is 66.7 Å². The molecule has 0 aromatic heterocycles. The van der Waals surface area contributed by atoms with E-state index in [0.29, 0.717) is 19.3 Å². The number of allylic oxidation sites excluding steroid dienone is 1. The highest BCUT2D eigenvalue weighted by Crippen LogP contribution is 2.75. The first kappa shape index (κ1) is 25.1. The monoisotopic (exact) mass is 520 g/mol. The fourth-order valence-electron chi connectivity index (χ4n) is 10.4. The van der Waals surface area contributed by atoms with Gasteiger partial charge >= 0.3 is 0 Å². The minimum absolute atomic E-state index is 0.0332. The highest BCUT2D eigenvalue weighted by molar-refractivity contribution is 5.97. The molecule has 0 aromatic rings. The quantitative estimate of drug-likeness (QED) is 0.316. The number of aliphatic hydroxyl groups is 5. The van der Waals surface area contributed by atoms with Crippen LogP contribution in [0.25, 0.3) is 0 Å². The van der Waals surface area contributed by atoms with Gasteiger partial charge in [-0.25, -0.2) is 0 Å². The van der Waals surface area contributed by atoms with Gasteiger partial charge in [0.15, 0.2) is 17.9 Å². The van der Waals surface area contributed by atoms with Crippen molar-refractivity contribution in [2.24, 2.45) is 34.5 Å². The summed E-state index contributed by atoms with van der Waals surface area (Å²) >= 11 is 0. The average Bonchev–Trinajstić information content (AvgIpc) is 3.20. The van der Waals surface area contributed by atoms with Crippen LogP contribution in [0.4, 0.5) is 0 Å². The highest BCUT2D eigenvalue weighted by atomic mass is 16.8. The Morgan fingerprint density at radius 1 is 1.00 bits per heavy atom. The Balaban J connectivity index is 1.34. The van der Waals surface area contributed by atoms with Gasteiger partial charge in [-0.3, -0.25) is 4.79 Å². The van der Waals surface area contributed by atoms with Crippen LogP contribution in [-0.4, -0.2) is 84.1 Å². The molecule has 3 heterocycles. The summed E-state index contributed by atoms with van der Waals surface area (Å²) < 4.78 is 18.5. The Labute approximate surface area is 216 Å². The van der Waals surface area contributed by atoms with E-state index in [1.54, 1.807) is 19.9 Å². The van der Waals surface area contributed by atoms with Crippen LogP contribution in [0.15, 0.2) is 12.2 Å². The average molecular weight is 521 g/mol. The van der Waals surface area contributed by atoms with Crippen LogP contribution in [-0.2, 0) is 19.0 Å². The molecule has 15 atom stereocenters. The van der Waals surface area contributed by atoms with Crippen molar-refractivity contribution in [3.8, 4) is 0 Å². The molecule has 0 spiro atoms. The van der Waals surface area contributed by atoms with Crippen molar-refractivity contribution in [3.05, 3.63) is 12.2 Å². The lowest BCUT2D eigenvalue weighted by molar-refractivity contribution is -0.424. The van der Waals surface area contributed by atoms with Crippen LogP contribution in [0, 0.1) is 34.5 Å². The summed E-state index contributed by atoms with van der Waals surface area (Å²) in [5.74, 6) is -3.40. The van der Waals surface area contributed by atoms with Gasteiger partial charge in [0, 0.05) is 12.3 Å². The Hall–Kier alpha value is -0.910. The van der Waals surface area contributed by atoms with E-state index in [1.807, 2.05) is 20.8 Å². The maximum Gasteiger partial charge on any atom is 0.187 e. The molecule has 0 radical (unpaired) electrons. The van der Waals surface area contributed by atoms with Crippen LogP contribution in [0.5, 0.6) is 0 Å². The number of hydrogen-bond acceptors (Lipinski definition) is 9. The second-order valence-electron chi connectivity index (χ2n) is 14.0. The van der Waals surface area contributed by atoms with Gasteiger partial charge in [0.05, 0.1) is 28.6 Å². The number of carbonyl (C=O) groups excluding carboxylic acids is 1. The van der Waals surface area contributed by atoms with E-state index in [2.05, 4.69) is 0 Å². The molecule has 0 bridgehead atoms. The molecule has 15 unspecified atom stereocenters. The molecule has 3 saturated heterocycles. The van der Waals surface area contributed by atoms with Gasteiger partial charge in [0.2, 0.25) is 0 Å². The minimum Gasteiger partial charge on any atom is -0.390 e. The van der Waals surface area contributed by atoms with E-state index < -0.39 is 75.5 Å². The molecule has 4 aliphatic carbocycles. The summed E-state index contributed by atoms with van der Waals surface area (Å²) in [6.45, 7) is 9.15. The summed E-state index contributed by atoms with van der Waals surface area (Å²) in [6, 6.07) is 0. The zero-order valence-corrected chi connectivity index (χ0v) is 22.2.